The van der Waals surface area contributed by atoms with Gasteiger partial charge in [-0.15, -0.1) is 6.58 Å². The summed E-state index contributed by atoms with van der Waals surface area (Å²) in [6, 6.07) is 2.56. The van der Waals surface area contributed by atoms with E-state index in [1.807, 2.05) is 0 Å². The second kappa shape index (κ2) is 8.49. The second-order valence-corrected chi connectivity index (χ2v) is 4.97. The second-order valence-electron chi connectivity index (χ2n) is 4.97. The van der Waals surface area contributed by atoms with Crippen LogP contribution in [0.2, 0.25) is 0 Å². The zero-order valence-corrected chi connectivity index (χ0v) is 13.0. The molecule has 0 aliphatic carbocycles. The van der Waals surface area contributed by atoms with E-state index in [0.717, 1.165) is 31.4 Å². The molecule has 0 radical (unpaired) electrons. The Morgan fingerprint density at radius 3 is 2.38 bits per heavy atom. The number of rotatable bonds is 7. The maximum absolute atomic E-state index is 12.5. The summed E-state index contributed by atoms with van der Waals surface area (Å²) in [6.07, 6.45) is -4.01. The molecule has 1 aromatic rings. The van der Waals surface area contributed by atoms with Gasteiger partial charge in [0.05, 0.1) is 12.7 Å². The molecule has 1 rings (SSSR count). The Bertz CT molecular complexity index is 584. The fourth-order valence-corrected chi connectivity index (χ4v) is 1.93. The summed E-state index contributed by atoms with van der Waals surface area (Å²) in [6.45, 7) is 3.50. The number of carbonyl (C=O) groups excluding carboxylic acids is 2. The van der Waals surface area contributed by atoms with Crippen molar-refractivity contribution in [2.45, 2.75) is 31.2 Å². The maximum atomic E-state index is 12.5. The summed E-state index contributed by atoms with van der Waals surface area (Å²) < 4.78 is 42.0. The number of benzene rings is 1. The highest BCUT2D eigenvalue weighted by molar-refractivity contribution is 5.87. The molecule has 132 valence electrons. The number of alkyl halides is 3. The topological polar surface area (TPSA) is 75.6 Å². The number of hydrogen-bond donors (Lipinski definition) is 2. The summed E-state index contributed by atoms with van der Waals surface area (Å²) in [5.74, 6) is -1.60. The minimum atomic E-state index is -4.51. The van der Waals surface area contributed by atoms with Crippen molar-refractivity contribution >= 4 is 11.9 Å². The van der Waals surface area contributed by atoms with Gasteiger partial charge in [-0.25, -0.2) is 4.79 Å². The number of hydrogen-bond acceptors (Lipinski definition) is 4. The first kappa shape index (κ1) is 19.7. The Balaban J connectivity index is 2.81. The number of allylic oxidation sites excluding steroid dienone is 1. The van der Waals surface area contributed by atoms with E-state index >= 15 is 0 Å². The number of methoxy groups -OCH3 is 1. The van der Waals surface area contributed by atoms with Crippen molar-refractivity contribution in [1.82, 2.24) is 5.32 Å². The molecule has 5 nitrogen and oxygen atoms in total. The first-order chi connectivity index (χ1) is 11.2. The number of ether oxygens (including phenoxy) is 1. The van der Waals surface area contributed by atoms with Gasteiger partial charge in [-0.3, -0.25) is 4.79 Å². The molecule has 0 heterocycles. The molecule has 0 fully saturated rings. The lowest BCUT2D eigenvalue weighted by Crippen LogP contribution is -2.43. The lowest BCUT2D eigenvalue weighted by Gasteiger charge is -2.18. The van der Waals surface area contributed by atoms with Crippen molar-refractivity contribution in [3.63, 3.8) is 0 Å². The molecule has 24 heavy (non-hydrogen) atoms. The van der Waals surface area contributed by atoms with Crippen LogP contribution in [0.5, 0.6) is 0 Å². The third kappa shape index (κ3) is 5.38. The highest BCUT2D eigenvalue weighted by Gasteiger charge is 2.31. The highest BCUT2D eigenvalue weighted by atomic mass is 19.4. The minimum Gasteiger partial charge on any atom is -0.467 e. The fourth-order valence-electron chi connectivity index (χ4n) is 1.93. The molecular weight excluding hydrogens is 327 g/mol. The molecule has 0 aromatic heterocycles. The van der Waals surface area contributed by atoms with E-state index in [4.69, 9.17) is 0 Å². The fraction of sp³-hybridized carbons (Fsp3) is 0.375. The van der Waals surface area contributed by atoms with Crippen molar-refractivity contribution in [3.05, 3.63) is 48.0 Å². The van der Waals surface area contributed by atoms with E-state index in [9.17, 15) is 27.9 Å². The summed E-state index contributed by atoms with van der Waals surface area (Å²) in [5, 5.41) is 12.3. The van der Waals surface area contributed by atoms with Gasteiger partial charge >= 0.3 is 12.1 Å². The van der Waals surface area contributed by atoms with Crippen LogP contribution in [0.4, 0.5) is 13.2 Å². The molecule has 2 atom stereocenters. The predicted molar refractivity (Wildman–Crippen MR) is 79.8 cm³/mol. The van der Waals surface area contributed by atoms with Gasteiger partial charge in [-0.1, -0.05) is 18.2 Å². The molecular formula is C16H18F3NO4. The number of amides is 1. The quantitative estimate of drug-likeness (QED) is 0.588. The summed E-state index contributed by atoms with van der Waals surface area (Å²) in [4.78, 5) is 23.6. The number of nitrogens with one attached hydrogen (secondary N) is 1. The average molecular weight is 345 g/mol. The highest BCUT2D eigenvalue weighted by Crippen LogP contribution is 2.29. The smallest absolute Gasteiger partial charge is 0.416 e. The van der Waals surface area contributed by atoms with E-state index in [2.05, 4.69) is 16.6 Å². The SMILES string of the molecule is C=CCC[C@H](NC(=O)[C@H](O)c1ccc(C(F)(F)F)cc1)C(=O)OC. The molecule has 0 spiro atoms. The molecule has 0 bridgehead atoms. The molecule has 0 saturated carbocycles. The van der Waals surface area contributed by atoms with Crippen LogP contribution in [0, 0.1) is 0 Å². The van der Waals surface area contributed by atoms with Crippen molar-refractivity contribution in [3.8, 4) is 0 Å². The first-order valence-corrected chi connectivity index (χ1v) is 7.05. The maximum Gasteiger partial charge on any atom is 0.416 e. The third-order valence-electron chi connectivity index (χ3n) is 3.26. The van der Waals surface area contributed by atoms with Crippen LogP contribution < -0.4 is 5.32 Å². The monoisotopic (exact) mass is 345 g/mol. The van der Waals surface area contributed by atoms with Gasteiger partial charge in [0.15, 0.2) is 6.10 Å². The lowest BCUT2D eigenvalue weighted by molar-refractivity contribution is -0.146. The normalized spacial score (nSPS) is 13.7. The van der Waals surface area contributed by atoms with Crippen molar-refractivity contribution in [2.24, 2.45) is 0 Å². The Labute approximate surface area is 137 Å². The van der Waals surface area contributed by atoms with Crippen LogP contribution in [0.3, 0.4) is 0 Å². The number of esters is 1. The van der Waals surface area contributed by atoms with Crippen molar-refractivity contribution in [1.29, 1.82) is 0 Å². The average Bonchev–Trinajstić information content (AvgIpc) is 2.56. The lowest BCUT2D eigenvalue weighted by atomic mass is 10.1. The molecule has 0 unspecified atom stereocenters. The Morgan fingerprint density at radius 2 is 1.92 bits per heavy atom. The van der Waals surface area contributed by atoms with E-state index in [-0.39, 0.29) is 12.0 Å². The molecule has 0 saturated heterocycles. The van der Waals surface area contributed by atoms with E-state index < -0.39 is 35.8 Å². The third-order valence-corrected chi connectivity index (χ3v) is 3.26. The minimum absolute atomic E-state index is 0.0205. The number of aliphatic hydroxyl groups excluding tert-OH is 1. The van der Waals surface area contributed by atoms with Gasteiger partial charge in [0.25, 0.3) is 5.91 Å². The Kier molecular flexibility index (Phi) is 6.97. The van der Waals surface area contributed by atoms with Gasteiger partial charge in [0.1, 0.15) is 6.04 Å². The molecule has 0 aliphatic rings. The van der Waals surface area contributed by atoms with Gasteiger partial charge in [0, 0.05) is 0 Å². The van der Waals surface area contributed by atoms with E-state index in [0.29, 0.717) is 6.42 Å². The van der Waals surface area contributed by atoms with Crippen molar-refractivity contribution < 1.29 is 32.6 Å². The number of halogens is 3. The molecule has 1 aromatic carbocycles. The Hall–Kier alpha value is -2.35. The van der Waals surface area contributed by atoms with Crippen LogP contribution in [0.1, 0.15) is 30.1 Å². The van der Waals surface area contributed by atoms with Gasteiger partial charge in [-0.2, -0.15) is 13.2 Å². The zero-order valence-electron chi connectivity index (χ0n) is 13.0. The standard InChI is InChI=1S/C16H18F3NO4/c1-3-4-5-12(15(23)24-2)20-14(22)13(21)10-6-8-11(9-7-10)16(17,18)19/h3,6-9,12-13,21H,1,4-5H2,2H3,(H,20,22)/t12-,13+/m0/s1. The summed E-state index contributed by atoms with van der Waals surface area (Å²) in [7, 11) is 1.15. The van der Waals surface area contributed by atoms with Crippen LogP contribution in [-0.4, -0.2) is 30.1 Å². The first-order valence-electron chi connectivity index (χ1n) is 7.05. The molecule has 1 amide bonds. The summed E-state index contributed by atoms with van der Waals surface area (Å²) >= 11 is 0. The summed E-state index contributed by atoms with van der Waals surface area (Å²) in [5.41, 5.74) is -0.912. The van der Waals surface area contributed by atoms with Crippen molar-refractivity contribution in [2.75, 3.05) is 7.11 Å². The number of carbonyl (C=O) groups is 2. The largest absolute Gasteiger partial charge is 0.467 e. The van der Waals surface area contributed by atoms with E-state index in [1.165, 1.54) is 0 Å². The van der Waals surface area contributed by atoms with Gasteiger partial charge < -0.3 is 15.2 Å². The van der Waals surface area contributed by atoms with Gasteiger partial charge in [-0.05, 0) is 30.5 Å². The molecule has 8 heteroatoms. The van der Waals surface area contributed by atoms with Crippen LogP contribution in [0.15, 0.2) is 36.9 Å². The van der Waals surface area contributed by atoms with Gasteiger partial charge in [0.2, 0.25) is 0 Å². The van der Waals surface area contributed by atoms with Crippen LogP contribution in [0.25, 0.3) is 0 Å². The Morgan fingerprint density at radius 1 is 1.33 bits per heavy atom. The molecule has 2 N–H and O–H groups in total. The predicted octanol–water partition coefficient (Wildman–Crippen LogP) is 2.36. The van der Waals surface area contributed by atoms with Crippen LogP contribution >= 0.6 is 0 Å². The number of aliphatic hydroxyl groups is 1. The zero-order chi connectivity index (χ0) is 18.3. The van der Waals surface area contributed by atoms with Crippen LogP contribution in [-0.2, 0) is 20.5 Å². The van der Waals surface area contributed by atoms with E-state index in [1.54, 1.807) is 6.08 Å². The molecule has 0 aliphatic heterocycles.